The highest BCUT2D eigenvalue weighted by atomic mass is 127. The van der Waals surface area contributed by atoms with Crippen LogP contribution in [-0.4, -0.2) is 98.4 Å². The SMILES string of the molecule is CCCCNC(=NCC(=O)N(C)C)N1CCN(CC(=O)NC2CC2)CC1.I. The summed E-state index contributed by atoms with van der Waals surface area (Å²) in [7, 11) is 3.49. The second kappa shape index (κ2) is 12.4. The van der Waals surface area contributed by atoms with Crippen molar-refractivity contribution >= 4 is 41.8 Å². The third-order valence-electron chi connectivity index (χ3n) is 4.66. The third kappa shape index (κ3) is 9.09. The van der Waals surface area contributed by atoms with Crippen molar-refractivity contribution in [1.82, 2.24) is 25.3 Å². The van der Waals surface area contributed by atoms with Crippen molar-refractivity contribution < 1.29 is 9.59 Å². The highest BCUT2D eigenvalue weighted by Crippen LogP contribution is 2.18. The molecule has 2 rings (SSSR count). The Morgan fingerprint density at radius 3 is 2.37 bits per heavy atom. The number of unbranched alkanes of at least 4 members (excludes halogenated alkanes) is 1. The quantitative estimate of drug-likeness (QED) is 0.220. The number of hydrogen-bond acceptors (Lipinski definition) is 4. The smallest absolute Gasteiger partial charge is 0.243 e. The molecule has 0 radical (unpaired) electrons. The van der Waals surface area contributed by atoms with Crippen molar-refractivity contribution in [3.05, 3.63) is 0 Å². The van der Waals surface area contributed by atoms with Crippen LogP contribution in [0.2, 0.25) is 0 Å². The van der Waals surface area contributed by atoms with Crippen LogP contribution in [0.1, 0.15) is 32.6 Å². The number of piperazine rings is 1. The number of halogens is 1. The van der Waals surface area contributed by atoms with E-state index in [4.69, 9.17) is 0 Å². The Morgan fingerprint density at radius 1 is 1.15 bits per heavy atom. The molecular formula is C18H35IN6O2. The zero-order valence-corrected chi connectivity index (χ0v) is 19.2. The van der Waals surface area contributed by atoms with Crippen LogP contribution in [0.4, 0.5) is 0 Å². The van der Waals surface area contributed by atoms with Crippen LogP contribution in [-0.2, 0) is 9.59 Å². The minimum Gasteiger partial charge on any atom is -0.356 e. The summed E-state index contributed by atoms with van der Waals surface area (Å²) >= 11 is 0. The number of nitrogens with one attached hydrogen (secondary N) is 2. The molecule has 0 aromatic heterocycles. The molecule has 0 unspecified atom stereocenters. The molecule has 9 heteroatoms. The van der Waals surface area contributed by atoms with Crippen molar-refractivity contribution in [1.29, 1.82) is 0 Å². The fourth-order valence-electron chi connectivity index (χ4n) is 2.75. The van der Waals surface area contributed by atoms with Gasteiger partial charge < -0.3 is 20.4 Å². The zero-order valence-electron chi connectivity index (χ0n) is 16.9. The fourth-order valence-corrected chi connectivity index (χ4v) is 2.75. The van der Waals surface area contributed by atoms with Crippen molar-refractivity contribution in [2.45, 2.75) is 38.6 Å². The van der Waals surface area contributed by atoms with Gasteiger partial charge in [-0.25, -0.2) is 4.99 Å². The molecule has 2 amide bonds. The molecule has 156 valence electrons. The van der Waals surface area contributed by atoms with Gasteiger partial charge in [-0.2, -0.15) is 0 Å². The largest absolute Gasteiger partial charge is 0.356 e. The number of nitrogens with zero attached hydrogens (tertiary/aromatic N) is 4. The maximum atomic E-state index is 11.9. The van der Waals surface area contributed by atoms with E-state index in [1.807, 2.05) is 0 Å². The number of guanidine groups is 1. The predicted octanol–water partition coefficient (Wildman–Crippen LogP) is 0.335. The molecule has 0 aromatic rings. The monoisotopic (exact) mass is 494 g/mol. The van der Waals surface area contributed by atoms with Crippen molar-refractivity contribution in [3.8, 4) is 0 Å². The Labute approximate surface area is 180 Å². The average molecular weight is 494 g/mol. The lowest BCUT2D eigenvalue weighted by atomic mass is 10.3. The van der Waals surface area contributed by atoms with Gasteiger partial charge in [0.15, 0.2) is 5.96 Å². The molecule has 1 saturated carbocycles. The molecule has 1 heterocycles. The van der Waals surface area contributed by atoms with Crippen LogP contribution in [0.25, 0.3) is 0 Å². The first kappa shape index (κ1) is 23.9. The first-order chi connectivity index (χ1) is 12.5. The van der Waals surface area contributed by atoms with Crippen LogP contribution in [0, 0.1) is 0 Å². The first-order valence-corrected chi connectivity index (χ1v) is 9.74. The highest BCUT2D eigenvalue weighted by molar-refractivity contribution is 14.0. The molecule has 8 nitrogen and oxygen atoms in total. The molecule has 2 aliphatic rings. The second-order valence-corrected chi connectivity index (χ2v) is 7.31. The fraction of sp³-hybridized carbons (Fsp3) is 0.833. The summed E-state index contributed by atoms with van der Waals surface area (Å²) in [5.74, 6) is 0.929. The predicted molar refractivity (Wildman–Crippen MR) is 118 cm³/mol. The van der Waals surface area contributed by atoms with Crippen LogP contribution in [0.5, 0.6) is 0 Å². The number of likely N-dealkylation sites (N-methyl/N-ethyl adjacent to an activating group) is 1. The zero-order chi connectivity index (χ0) is 18.9. The summed E-state index contributed by atoms with van der Waals surface area (Å²) in [6.45, 7) is 6.91. The topological polar surface area (TPSA) is 80.3 Å². The summed E-state index contributed by atoms with van der Waals surface area (Å²) in [4.78, 5) is 34.2. The number of carbonyl (C=O) groups is 2. The van der Waals surface area contributed by atoms with Gasteiger partial charge in [0.25, 0.3) is 0 Å². The Bertz CT molecular complexity index is 502. The molecule has 2 N–H and O–H groups in total. The maximum Gasteiger partial charge on any atom is 0.243 e. The number of amides is 2. The van der Waals surface area contributed by atoms with E-state index in [2.05, 4.69) is 32.3 Å². The molecule has 0 spiro atoms. The van der Waals surface area contributed by atoms with Crippen molar-refractivity contribution in [2.75, 3.05) is 59.9 Å². The number of aliphatic imine (C=N–C) groups is 1. The molecule has 27 heavy (non-hydrogen) atoms. The van der Waals surface area contributed by atoms with E-state index in [9.17, 15) is 9.59 Å². The molecular weight excluding hydrogens is 459 g/mol. The normalized spacial score (nSPS) is 17.9. The summed E-state index contributed by atoms with van der Waals surface area (Å²) in [5, 5.41) is 6.42. The summed E-state index contributed by atoms with van der Waals surface area (Å²) in [6, 6.07) is 0.416. The lowest BCUT2D eigenvalue weighted by molar-refractivity contribution is -0.127. The van der Waals surface area contributed by atoms with Crippen LogP contribution in [0.15, 0.2) is 4.99 Å². The van der Waals surface area contributed by atoms with Crippen molar-refractivity contribution in [3.63, 3.8) is 0 Å². The molecule has 0 aromatic carbocycles. The number of carbonyl (C=O) groups excluding carboxylic acids is 2. The minimum absolute atomic E-state index is 0. The van der Waals surface area contributed by atoms with Gasteiger partial charge in [0.2, 0.25) is 11.8 Å². The van der Waals surface area contributed by atoms with E-state index in [1.165, 1.54) is 0 Å². The second-order valence-electron chi connectivity index (χ2n) is 7.31. The van der Waals surface area contributed by atoms with Gasteiger partial charge in [0.1, 0.15) is 6.54 Å². The lowest BCUT2D eigenvalue weighted by Crippen LogP contribution is -2.54. The minimum atomic E-state index is -0.00447. The summed E-state index contributed by atoms with van der Waals surface area (Å²) in [6.07, 6.45) is 4.42. The van der Waals surface area contributed by atoms with Crippen LogP contribution >= 0.6 is 24.0 Å². The van der Waals surface area contributed by atoms with Gasteiger partial charge >= 0.3 is 0 Å². The molecule has 1 saturated heterocycles. The van der Waals surface area contributed by atoms with Crippen LogP contribution in [0.3, 0.4) is 0 Å². The van der Waals surface area contributed by atoms with E-state index in [-0.39, 0.29) is 42.3 Å². The van der Waals surface area contributed by atoms with E-state index in [1.54, 1.807) is 19.0 Å². The Balaban J connectivity index is 0.00000364. The van der Waals surface area contributed by atoms with E-state index < -0.39 is 0 Å². The third-order valence-corrected chi connectivity index (χ3v) is 4.66. The highest BCUT2D eigenvalue weighted by Gasteiger charge is 2.26. The van der Waals surface area contributed by atoms with Crippen LogP contribution < -0.4 is 10.6 Å². The van der Waals surface area contributed by atoms with Gasteiger partial charge in [-0.3, -0.25) is 14.5 Å². The molecule has 2 fully saturated rings. The van der Waals surface area contributed by atoms with Gasteiger partial charge in [-0.15, -0.1) is 24.0 Å². The van der Waals surface area contributed by atoms with E-state index in [0.29, 0.717) is 12.6 Å². The van der Waals surface area contributed by atoms with Crippen molar-refractivity contribution in [2.24, 2.45) is 4.99 Å². The summed E-state index contributed by atoms with van der Waals surface area (Å²) in [5.41, 5.74) is 0. The first-order valence-electron chi connectivity index (χ1n) is 9.74. The molecule has 0 atom stereocenters. The Hall–Kier alpha value is -1.10. The Morgan fingerprint density at radius 2 is 1.81 bits per heavy atom. The number of hydrogen-bond donors (Lipinski definition) is 2. The number of rotatable bonds is 8. The maximum absolute atomic E-state index is 11.9. The summed E-state index contributed by atoms with van der Waals surface area (Å²) < 4.78 is 0. The average Bonchev–Trinajstić information content (AvgIpc) is 3.42. The molecule has 1 aliphatic carbocycles. The van der Waals surface area contributed by atoms with Gasteiger partial charge in [-0.1, -0.05) is 13.3 Å². The standard InChI is InChI=1S/C18H34N6O2.HI/c1-4-5-8-19-18(20-13-17(26)22(2)3)24-11-9-23(10-12-24)14-16(25)21-15-6-7-15;/h15H,4-14H2,1-3H3,(H,19,20)(H,21,25);1H. The molecule has 0 bridgehead atoms. The Kier molecular flexibility index (Phi) is 11.0. The van der Waals surface area contributed by atoms with E-state index in [0.717, 1.165) is 64.4 Å². The van der Waals surface area contributed by atoms with Gasteiger partial charge in [0.05, 0.1) is 6.54 Å². The molecule has 1 aliphatic heterocycles. The van der Waals surface area contributed by atoms with Gasteiger partial charge in [0, 0.05) is 52.9 Å². The van der Waals surface area contributed by atoms with E-state index >= 15 is 0 Å². The lowest BCUT2D eigenvalue weighted by Gasteiger charge is -2.36. The van der Waals surface area contributed by atoms with Gasteiger partial charge in [-0.05, 0) is 19.3 Å².